The monoisotopic (exact) mass is 287 g/mol. The number of ether oxygens (including phenoxy) is 1. The zero-order chi connectivity index (χ0) is 15.4. The van der Waals surface area contributed by atoms with Gasteiger partial charge in [0.05, 0.1) is 18.3 Å². The first-order chi connectivity index (χ1) is 10.1. The Hall–Kier alpha value is -1.97. The summed E-state index contributed by atoms with van der Waals surface area (Å²) < 4.78 is 7.60. The lowest BCUT2D eigenvalue weighted by molar-refractivity contribution is 0.340. The Labute approximate surface area is 127 Å². The third kappa shape index (κ3) is 3.38. The van der Waals surface area contributed by atoms with Crippen LogP contribution < -0.4 is 10.1 Å². The van der Waals surface area contributed by atoms with Crippen molar-refractivity contribution < 1.29 is 4.74 Å². The van der Waals surface area contributed by atoms with E-state index in [0.29, 0.717) is 6.61 Å². The maximum atomic E-state index is 5.55. The third-order valence-electron chi connectivity index (χ3n) is 3.70. The maximum absolute atomic E-state index is 5.55. The smallest absolute Gasteiger partial charge is 0.121 e. The number of aryl methyl sites for hydroxylation is 2. The zero-order valence-electron chi connectivity index (χ0n) is 13.6. The van der Waals surface area contributed by atoms with Crippen LogP contribution in [0, 0.1) is 13.8 Å². The van der Waals surface area contributed by atoms with Crippen LogP contribution in [-0.2, 0) is 6.54 Å². The fourth-order valence-electron chi connectivity index (χ4n) is 2.81. The lowest BCUT2D eigenvalue weighted by Gasteiger charge is -2.17. The van der Waals surface area contributed by atoms with Gasteiger partial charge in [-0.15, -0.1) is 0 Å². The van der Waals surface area contributed by atoms with Crippen LogP contribution in [0.2, 0.25) is 0 Å². The molecule has 0 radical (unpaired) electrons. The molecule has 2 aromatic rings. The van der Waals surface area contributed by atoms with Crippen molar-refractivity contribution in [2.45, 2.75) is 47.2 Å². The molecule has 1 N–H and O–H groups in total. The number of benzene rings is 1. The van der Waals surface area contributed by atoms with Crippen LogP contribution in [0.5, 0.6) is 5.75 Å². The molecule has 0 saturated carbocycles. The highest BCUT2D eigenvalue weighted by molar-refractivity contribution is 5.50. The van der Waals surface area contributed by atoms with Gasteiger partial charge < -0.3 is 10.1 Å². The molecule has 1 aromatic carbocycles. The summed E-state index contributed by atoms with van der Waals surface area (Å²) in [6.45, 7) is 12.1. The number of hydrogen-bond acceptors (Lipinski definition) is 3. The number of rotatable bonds is 6. The van der Waals surface area contributed by atoms with Crippen molar-refractivity contribution in [2.24, 2.45) is 0 Å². The van der Waals surface area contributed by atoms with E-state index in [-0.39, 0.29) is 6.04 Å². The van der Waals surface area contributed by atoms with Crippen LogP contribution in [0.3, 0.4) is 0 Å². The van der Waals surface area contributed by atoms with Gasteiger partial charge in [-0.1, -0.05) is 6.07 Å². The highest BCUT2D eigenvalue weighted by Gasteiger charge is 2.16. The van der Waals surface area contributed by atoms with Gasteiger partial charge in [-0.05, 0) is 46.8 Å². The summed E-state index contributed by atoms with van der Waals surface area (Å²) >= 11 is 0. The molecule has 2 rings (SSSR count). The van der Waals surface area contributed by atoms with E-state index < -0.39 is 0 Å². The molecule has 4 nitrogen and oxygen atoms in total. The van der Waals surface area contributed by atoms with Crippen LogP contribution in [-0.4, -0.2) is 16.4 Å². The molecule has 21 heavy (non-hydrogen) atoms. The molecule has 0 saturated heterocycles. The molecule has 1 heterocycles. The summed E-state index contributed by atoms with van der Waals surface area (Å²) in [7, 11) is 0. The predicted molar refractivity (Wildman–Crippen MR) is 87.0 cm³/mol. The third-order valence-corrected chi connectivity index (χ3v) is 3.70. The minimum atomic E-state index is 0.210. The van der Waals surface area contributed by atoms with Crippen molar-refractivity contribution in [3.63, 3.8) is 0 Å². The van der Waals surface area contributed by atoms with Gasteiger partial charge in [-0.3, -0.25) is 4.68 Å². The SMILES string of the molecule is CCOc1cccc(NC(C)c2c(C)nn(CC)c2C)c1. The van der Waals surface area contributed by atoms with Crippen molar-refractivity contribution in [3.8, 4) is 5.75 Å². The quantitative estimate of drug-likeness (QED) is 0.869. The maximum Gasteiger partial charge on any atom is 0.121 e. The molecule has 1 atom stereocenters. The molecular formula is C17H25N3O. The number of nitrogens with one attached hydrogen (secondary N) is 1. The van der Waals surface area contributed by atoms with Crippen LogP contribution in [0.25, 0.3) is 0 Å². The van der Waals surface area contributed by atoms with Gasteiger partial charge in [0.15, 0.2) is 0 Å². The van der Waals surface area contributed by atoms with E-state index >= 15 is 0 Å². The Kier molecular flexibility index (Phi) is 4.89. The second-order valence-corrected chi connectivity index (χ2v) is 5.23. The van der Waals surface area contributed by atoms with Crippen molar-refractivity contribution >= 4 is 5.69 Å². The minimum Gasteiger partial charge on any atom is -0.494 e. The van der Waals surface area contributed by atoms with Crippen LogP contribution in [0.4, 0.5) is 5.69 Å². The van der Waals surface area contributed by atoms with Gasteiger partial charge >= 0.3 is 0 Å². The second-order valence-electron chi connectivity index (χ2n) is 5.23. The van der Waals surface area contributed by atoms with E-state index in [2.05, 4.69) is 48.9 Å². The fourth-order valence-corrected chi connectivity index (χ4v) is 2.81. The summed E-state index contributed by atoms with van der Waals surface area (Å²) in [4.78, 5) is 0. The first-order valence-corrected chi connectivity index (χ1v) is 7.60. The topological polar surface area (TPSA) is 39.1 Å². The molecule has 1 aromatic heterocycles. The lowest BCUT2D eigenvalue weighted by Crippen LogP contribution is -2.09. The van der Waals surface area contributed by atoms with Crippen molar-refractivity contribution in [3.05, 3.63) is 41.2 Å². The Balaban J connectivity index is 2.20. The molecular weight excluding hydrogens is 262 g/mol. The molecule has 114 valence electrons. The summed E-state index contributed by atoms with van der Waals surface area (Å²) in [5.41, 5.74) is 4.67. The summed E-state index contributed by atoms with van der Waals surface area (Å²) in [6, 6.07) is 8.30. The van der Waals surface area contributed by atoms with E-state index in [1.54, 1.807) is 0 Å². The van der Waals surface area contributed by atoms with Gasteiger partial charge in [0.2, 0.25) is 0 Å². The van der Waals surface area contributed by atoms with Crippen LogP contribution in [0.15, 0.2) is 24.3 Å². The highest BCUT2D eigenvalue weighted by atomic mass is 16.5. The van der Waals surface area contributed by atoms with E-state index in [0.717, 1.165) is 23.7 Å². The van der Waals surface area contributed by atoms with Gasteiger partial charge in [-0.25, -0.2) is 0 Å². The highest BCUT2D eigenvalue weighted by Crippen LogP contribution is 2.26. The summed E-state index contributed by atoms with van der Waals surface area (Å²) in [5.74, 6) is 0.896. The Morgan fingerprint density at radius 3 is 2.67 bits per heavy atom. The molecule has 0 aliphatic carbocycles. The molecule has 4 heteroatoms. The van der Waals surface area contributed by atoms with E-state index in [4.69, 9.17) is 4.74 Å². The van der Waals surface area contributed by atoms with Crippen molar-refractivity contribution in [2.75, 3.05) is 11.9 Å². The molecule has 0 aliphatic rings. The van der Waals surface area contributed by atoms with Crippen LogP contribution >= 0.6 is 0 Å². The molecule has 0 bridgehead atoms. The average Bonchev–Trinajstić information content (AvgIpc) is 2.74. The molecule has 0 fully saturated rings. The number of anilines is 1. The number of hydrogen-bond donors (Lipinski definition) is 1. The van der Waals surface area contributed by atoms with Gasteiger partial charge in [0.25, 0.3) is 0 Å². The Morgan fingerprint density at radius 2 is 2.05 bits per heavy atom. The zero-order valence-corrected chi connectivity index (χ0v) is 13.6. The first kappa shape index (κ1) is 15.4. The normalized spacial score (nSPS) is 12.2. The average molecular weight is 287 g/mol. The molecule has 0 amide bonds. The van der Waals surface area contributed by atoms with E-state index in [1.807, 2.05) is 25.1 Å². The standard InChI is InChI=1S/C17H25N3O/c1-6-20-14(5)17(13(4)19-20)12(3)18-15-9-8-10-16(11-15)21-7-2/h8-12,18H,6-7H2,1-5H3. The molecule has 1 unspecified atom stereocenters. The number of aromatic nitrogens is 2. The Bertz CT molecular complexity index is 604. The summed E-state index contributed by atoms with van der Waals surface area (Å²) in [6.07, 6.45) is 0. The Morgan fingerprint density at radius 1 is 1.29 bits per heavy atom. The largest absolute Gasteiger partial charge is 0.494 e. The lowest BCUT2D eigenvalue weighted by atomic mass is 10.1. The number of nitrogens with zero attached hydrogens (tertiary/aromatic N) is 2. The predicted octanol–water partition coefficient (Wildman–Crippen LogP) is 4.09. The molecule has 0 aliphatic heterocycles. The van der Waals surface area contributed by atoms with E-state index in [9.17, 15) is 0 Å². The van der Waals surface area contributed by atoms with E-state index in [1.165, 1.54) is 11.3 Å². The van der Waals surface area contributed by atoms with Gasteiger partial charge in [0, 0.05) is 29.6 Å². The van der Waals surface area contributed by atoms with Gasteiger partial charge in [-0.2, -0.15) is 5.10 Å². The second kappa shape index (κ2) is 6.66. The van der Waals surface area contributed by atoms with Crippen molar-refractivity contribution in [1.82, 2.24) is 9.78 Å². The van der Waals surface area contributed by atoms with Crippen molar-refractivity contribution in [1.29, 1.82) is 0 Å². The first-order valence-electron chi connectivity index (χ1n) is 7.60. The molecule has 0 spiro atoms. The fraction of sp³-hybridized carbons (Fsp3) is 0.471. The minimum absolute atomic E-state index is 0.210. The van der Waals surface area contributed by atoms with Crippen LogP contribution in [0.1, 0.15) is 43.8 Å². The van der Waals surface area contributed by atoms with Gasteiger partial charge in [0.1, 0.15) is 5.75 Å². The summed E-state index contributed by atoms with van der Waals surface area (Å²) in [5, 5.41) is 8.13.